The first-order valence-corrected chi connectivity index (χ1v) is 8.91. The van der Waals surface area contributed by atoms with Crippen LogP contribution in [0.5, 0.6) is 0 Å². The van der Waals surface area contributed by atoms with Gasteiger partial charge >= 0.3 is 5.97 Å². The fraction of sp³-hybridized carbons (Fsp3) is 0.381. The summed E-state index contributed by atoms with van der Waals surface area (Å²) in [5.74, 6) is -0.468. The van der Waals surface area contributed by atoms with Gasteiger partial charge in [0.2, 0.25) is 0 Å². The molecule has 0 amide bonds. The number of aliphatic carboxylic acids is 1. The minimum atomic E-state index is -0.665. The highest BCUT2D eigenvalue weighted by molar-refractivity contribution is 6.30. The fourth-order valence-electron chi connectivity index (χ4n) is 2.97. The van der Waals surface area contributed by atoms with Crippen LogP contribution in [0.15, 0.2) is 48.5 Å². The SMILES string of the molecule is CC(C)CC(CCCc1ccc(-c2ccc(Cl)cc2)cc1)C(=O)O. The van der Waals surface area contributed by atoms with E-state index in [2.05, 4.69) is 38.1 Å². The lowest BCUT2D eigenvalue weighted by molar-refractivity contribution is -0.142. The Hall–Kier alpha value is -1.80. The van der Waals surface area contributed by atoms with Crippen LogP contribution < -0.4 is 0 Å². The van der Waals surface area contributed by atoms with Crippen molar-refractivity contribution in [1.82, 2.24) is 0 Å². The number of hydrogen-bond donors (Lipinski definition) is 1. The molecule has 0 saturated heterocycles. The van der Waals surface area contributed by atoms with E-state index in [1.807, 2.05) is 24.3 Å². The third kappa shape index (κ3) is 5.68. The number of aryl methyl sites for hydroxylation is 1. The largest absolute Gasteiger partial charge is 0.481 e. The molecule has 128 valence electrons. The Morgan fingerprint density at radius 3 is 2.04 bits per heavy atom. The smallest absolute Gasteiger partial charge is 0.306 e. The van der Waals surface area contributed by atoms with E-state index in [1.165, 1.54) is 11.1 Å². The van der Waals surface area contributed by atoms with E-state index in [9.17, 15) is 9.90 Å². The molecule has 24 heavy (non-hydrogen) atoms. The van der Waals surface area contributed by atoms with Crippen LogP contribution in [0.1, 0.15) is 38.7 Å². The van der Waals surface area contributed by atoms with Gasteiger partial charge in [-0.15, -0.1) is 0 Å². The van der Waals surface area contributed by atoms with E-state index in [0.29, 0.717) is 5.92 Å². The minimum absolute atomic E-state index is 0.224. The number of carboxylic acids is 1. The Labute approximate surface area is 149 Å². The second kappa shape index (κ2) is 8.89. The Balaban J connectivity index is 1.89. The van der Waals surface area contributed by atoms with Crippen LogP contribution in [-0.2, 0) is 11.2 Å². The lowest BCUT2D eigenvalue weighted by atomic mass is 9.91. The predicted octanol–water partition coefficient (Wildman–Crippen LogP) is 6.08. The lowest BCUT2D eigenvalue weighted by Crippen LogP contribution is -2.16. The summed E-state index contributed by atoms with van der Waals surface area (Å²) in [6.07, 6.45) is 3.32. The molecule has 0 aromatic heterocycles. The molecule has 0 heterocycles. The van der Waals surface area contributed by atoms with Gasteiger partial charge in [-0.3, -0.25) is 4.79 Å². The number of carbonyl (C=O) groups is 1. The first kappa shape index (κ1) is 18.5. The summed E-state index contributed by atoms with van der Waals surface area (Å²) in [5.41, 5.74) is 3.56. The zero-order valence-corrected chi connectivity index (χ0v) is 15.1. The maximum absolute atomic E-state index is 11.3. The van der Waals surface area contributed by atoms with E-state index in [4.69, 9.17) is 11.6 Å². The molecule has 0 bridgehead atoms. The molecule has 1 N–H and O–H groups in total. The Kier molecular flexibility index (Phi) is 6.86. The van der Waals surface area contributed by atoms with Crippen molar-refractivity contribution in [2.75, 3.05) is 0 Å². The summed E-state index contributed by atoms with van der Waals surface area (Å²) in [6, 6.07) is 16.3. The van der Waals surface area contributed by atoms with Crippen molar-refractivity contribution in [3.05, 3.63) is 59.1 Å². The molecule has 2 aromatic carbocycles. The Morgan fingerprint density at radius 1 is 1.00 bits per heavy atom. The van der Waals surface area contributed by atoms with E-state index >= 15 is 0 Å². The maximum Gasteiger partial charge on any atom is 0.306 e. The summed E-state index contributed by atoms with van der Waals surface area (Å²) < 4.78 is 0. The quantitative estimate of drug-likeness (QED) is 0.630. The molecule has 0 spiro atoms. The highest BCUT2D eigenvalue weighted by Crippen LogP contribution is 2.23. The van der Waals surface area contributed by atoms with Crippen LogP contribution in [0, 0.1) is 11.8 Å². The summed E-state index contributed by atoms with van der Waals surface area (Å²) in [4.78, 5) is 11.3. The molecule has 0 radical (unpaired) electrons. The van der Waals surface area contributed by atoms with Crippen molar-refractivity contribution in [3.8, 4) is 11.1 Å². The van der Waals surface area contributed by atoms with Crippen molar-refractivity contribution in [2.45, 2.75) is 39.5 Å². The van der Waals surface area contributed by atoms with Crippen LogP contribution in [0.25, 0.3) is 11.1 Å². The zero-order chi connectivity index (χ0) is 17.5. The Morgan fingerprint density at radius 2 is 1.54 bits per heavy atom. The van der Waals surface area contributed by atoms with E-state index in [0.717, 1.165) is 36.3 Å². The zero-order valence-electron chi connectivity index (χ0n) is 14.3. The molecule has 0 fully saturated rings. The van der Waals surface area contributed by atoms with Gasteiger partial charge in [-0.05, 0) is 60.4 Å². The number of hydrogen-bond acceptors (Lipinski definition) is 1. The number of halogens is 1. The van der Waals surface area contributed by atoms with Crippen molar-refractivity contribution in [2.24, 2.45) is 11.8 Å². The summed E-state index contributed by atoms with van der Waals surface area (Å²) >= 11 is 5.92. The minimum Gasteiger partial charge on any atom is -0.481 e. The first-order valence-electron chi connectivity index (χ1n) is 8.53. The second-order valence-electron chi connectivity index (χ2n) is 6.76. The van der Waals surface area contributed by atoms with Crippen LogP contribution in [-0.4, -0.2) is 11.1 Å². The molecule has 2 rings (SSSR count). The number of rotatable bonds is 8. The van der Waals surface area contributed by atoms with Crippen LogP contribution in [0.2, 0.25) is 5.02 Å². The van der Waals surface area contributed by atoms with Gasteiger partial charge in [0.15, 0.2) is 0 Å². The average Bonchev–Trinajstić information content (AvgIpc) is 2.55. The molecule has 0 aliphatic heterocycles. The molecular formula is C21H25ClO2. The van der Waals surface area contributed by atoms with Crippen molar-refractivity contribution in [1.29, 1.82) is 0 Å². The van der Waals surface area contributed by atoms with Gasteiger partial charge in [0.1, 0.15) is 0 Å². The van der Waals surface area contributed by atoms with Gasteiger partial charge in [0, 0.05) is 5.02 Å². The third-order valence-corrected chi connectivity index (χ3v) is 4.51. The summed E-state index contributed by atoms with van der Waals surface area (Å²) in [7, 11) is 0. The Bertz CT molecular complexity index is 645. The molecule has 3 heteroatoms. The molecule has 2 aromatic rings. The highest BCUT2D eigenvalue weighted by Gasteiger charge is 2.18. The van der Waals surface area contributed by atoms with Gasteiger partial charge in [-0.1, -0.05) is 61.8 Å². The lowest BCUT2D eigenvalue weighted by Gasteiger charge is -2.14. The molecule has 0 saturated carbocycles. The van der Waals surface area contributed by atoms with E-state index < -0.39 is 5.97 Å². The molecular weight excluding hydrogens is 320 g/mol. The fourth-order valence-corrected chi connectivity index (χ4v) is 3.10. The highest BCUT2D eigenvalue weighted by atomic mass is 35.5. The predicted molar refractivity (Wildman–Crippen MR) is 100 cm³/mol. The van der Waals surface area contributed by atoms with Gasteiger partial charge in [-0.2, -0.15) is 0 Å². The normalized spacial score (nSPS) is 12.3. The molecule has 2 nitrogen and oxygen atoms in total. The molecule has 0 aliphatic carbocycles. The van der Waals surface area contributed by atoms with Crippen LogP contribution in [0.3, 0.4) is 0 Å². The van der Waals surface area contributed by atoms with Crippen molar-refractivity contribution in [3.63, 3.8) is 0 Å². The standard InChI is InChI=1S/C21H25ClO2/c1-15(2)14-19(21(23)24)5-3-4-16-6-8-17(9-7-16)18-10-12-20(22)13-11-18/h6-13,15,19H,3-5,14H2,1-2H3,(H,23,24). The van der Waals surface area contributed by atoms with Gasteiger partial charge in [0.05, 0.1) is 5.92 Å². The summed E-state index contributed by atoms with van der Waals surface area (Å²) in [5, 5.41) is 10.0. The molecule has 0 aliphatic rings. The average molecular weight is 345 g/mol. The molecule has 1 unspecified atom stereocenters. The van der Waals surface area contributed by atoms with Gasteiger partial charge < -0.3 is 5.11 Å². The number of benzene rings is 2. The second-order valence-corrected chi connectivity index (χ2v) is 7.20. The van der Waals surface area contributed by atoms with Gasteiger partial charge in [-0.25, -0.2) is 0 Å². The van der Waals surface area contributed by atoms with Crippen LogP contribution in [0.4, 0.5) is 0 Å². The van der Waals surface area contributed by atoms with Crippen LogP contribution >= 0.6 is 11.6 Å². The topological polar surface area (TPSA) is 37.3 Å². The molecule has 1 atom stereocenters. The first-order chi connectivity index (χ1) is 11.5. The monoisotopic (exact) mass is 344 g/mol. The van der Waals surface area contributed by atoms with Crippen molar-refractivity contribution >= 4 is 17.6 Å². The third-order valence-electron chi connectivity index (χ3n) is 4.25. The van der Waals surface area contributed by atoms with E-state index in [-0.39, 0.29) is 5.92 Å². The summed E-state index contributed by atoms with van der Waals surface area (Å²) in [6.45, 7) is 4.15. The maximum atomic E-state index is 11.3. The van der Waals surface area contributed by atoms with Crippen molar-refractivity contribution < 1.29 is 9.90 Å². The number of carboxylic acid groups (broad SMARTS) is 1. The van der Waals surface area contributed by atoms with Gasteiger partial charge in [0.25, 0.3) is 0 Å². The van der Waals surface area contributed by atoms with E-state index in [1.54, 1.807) is 0 Å².